The van der Waals surface area contributed by atoms with Gasteiger partial charge in [0.15, 0.2) is 11.5 Å². The Labute approximate surface area is 156 Å². The summed E-state index contributed by atoms with van der Waals surface area (Å²) in [5, 5.41) is 15.2. The molecule has 136 valence electrons. The topological polar surface area (TPSA) is 58.8 Å². The van der Waals surface area contributed by atoms with Crippen molar-refractivity contribution in [2.24, 2.45) is 0 Å². The monoisotopic (exact) mass is 360 g/mol. The van der Waals surface area contributed by atoms with Crippen LogP contribution >= 0.6 is 0 Å². The molecule has 0 bridgehead atoms. The normalized spacial score (nSPS) is 14.9. The third-order valence-corrected chi connectivity index (χ3v) is 5.16. The van der Waals surface area contributed by atoms with Crippen molar-refractivity contribution in [3.8, 4) is 5.75 Å². The van der Waals surface area contributed by atoms with E-state index in [0.29, 0.717) is 0 Å². The van der Waals surface area contributed by atoms with Crippen molar-refractivity contribution >= 4 is 27.9 Å². The third kappa shape index (κ3) is 2.71. The number of hydrogen-bond donors (Lipinski definition) is 0. The molecule has 0 amide bonds. The zero-order valence-electron chi connectivity index (χ0n) is 15.1. The molecule has 1 saturated heterocycles. The maximum Gasteiger partial charge on any atom is 0.185 e. The molecule has 27 heavy (non-hydrogen) atoms. The van der Waals surface area contributed by atoms with Gasteiger partial charge in [0.05, 0.1) is 7.11 Å². The number of benzene rings is 2. The summed E-state index contributed by atoms with van der Waals surface area (Å²) in [6.07, 6.45) is 1.67. The highest BCUT2D eigenvalue weighted by atomic mass is 16.5. The second-order valence-corrected chi connectivity index (χ2v) is 6.64. The number of piperazine rings is 1. The number of anilines is 2. The van der Waals surface area contributed by atoms with Crippen molar-refractivity contribution in [2.75, 3.05) is 43.1 Å². The van der Waals surface area contributed by atoms with Gasteiger partial charge in [0.1, 0.15) is 12.1 Å². The minimum absolute atomic E-state index is 0.797. The van der Waals surface area contributed by atoms with Crippen LogP contribution in [0.4, 0.5) is 11.5 Å². The Balaban J connectivity index is 1.43. The lowest BCUT2D eigenvalue weighted by Gasteiger charge is -2.37. The molecule has 0 spiro atoms. The standard InChI is InChI=1S/C20H20N6O/c1-27-16-8-6-15(7-9-16)24-10-12-25(13-11-24)20-18-5-3-2-4-17(18)19-22-21-14-26(19)23-20/h2-9,14H,10-13H2,1H3. The number of fused-ring (bicyclic) bond motifs is 3. The van der Waals surface area contributed by atoms with Crippen LogP contribution in [0, 0.1) is 0 Å². The predicted octanol–water partition coefficient (Wildman–Crippen LogP) is 2.61. The first-order chi connectivity index (χ1) is 13.3. The Morgan fingerprint density at radius 2 is 1.56 bits per heavy atom. The minimum Gasteiger partial charge on any atom is -0.497 e. The number of methoxy groups -OCH3 is 1. The lowest BCUT2D eigenvalue weighted by molar-refractivity contribution is 0.415. The molecular formula is C20H20N6O. The van der Waals surface area contributed by atoms with Gasteiger partial charge < -0.3 is 14.5 Å². The highest BCUT2D eigenvalue weighted by Gasteiger charge is 2.21. The summed E-state index contributed by atoms with van der Waals surface area (Å²) < 4.78 is 7.02. The van der Waals surface area contributed by atoms with E-state index in [2.05, 4.69) is 44.3 Å². The largest absolute Gasteiger partial charge is 0.497 e. The Morgan fingerprint density at radius 1 is 0.852 bits per heavy atom. The van der Waals surface area contributed by atoms with Crippen molar-refractivity contribution in [2.45, 2.75) is 0 Å². The summed E-state index contributed by atoms with van der Waals surface area (Å²) in [6, 6.07) is 16.5. The molecule has 7 heteroatoms. The van der Waals surface area contributed by atoms with Gasteiger partial charge in [-0.15, -0.1) is 15.3 Å². The Morgan fingerprint density at radius 3 is 2.30 bits per heavy atom. The third-order valence-electron chi connectivity index (χ3n) is 5.16. The first kappa shape index (κ1) is 15.9. The zero-order chi connectivity index (χ0) is 18.2. The van der Waals surface area contributed by atoms with Crippen LogP contribution in [0.2, 0.25) is 0 Å². The van der Waals surface area contributed by atoms with Crippen molar-refractivity contribution in [3.63, 3.8) is 0 Å². The van der Waals surface area contributed by atoms with Crippen LogP contribution in [0.15, 0.2) is 54.9 Å². The summed E-state index contributed by atoms with van der Waals surface area (Å²) >= 11 is 0. The number of nitrogens with zero attached hydrogens (tertiary/aromatic N) is 6. The maximum absolute atomic E-state index is 5.25. The number of hydrogen-bond acceptors (Lipinski definition) is 6. The molecular weight excluding hydrogens is 340 g/mol. The van der Waals surface area contributed by atoms with Crippen molar-refractivity contribution < 1.29 is 4.74 Å². The molecule has 0 saturated carbocycles. The van der Waals surface area contributed by atoms with E-state index >= 15 is 0 Å². The average Bonchev–Trinajstić information content (AvgIpc) is 3.22. The minimum atomic E-state index is 0.797. The van der Waals surface area contributed by atoms with Gasteiger partial charge >= 0.3 is 0 Å². The van der Waals surface area contributed by atoms with Gasteiger partial charge in [-0.25, -0.2) is 0 Å². The van der Waals surface area contributed by atoms with Crippen molar-refractivity contribution in [1.29, 1.82) is 0 Å². The second-order valence-electron chi connectivity index (χ2n) is 6.64. The van der Waals surface area contributed by atoms with Crippen LogP contribution in [0.3, 0.4) is 0 Å². The fourth-order valence-electron chi connectivity index (χ4n) is 3.71. The average molecular weight is 360 g/mol. The van der Waals surface area contributed by atoms with Crippen LogP contribution in [0.5, 0.6) is 5.75 Å². The van der Waals surface area contributed by atoms with Gasteiger partial charge in [-0.2, -0.15) is 4.52 Å². The molecule has 1 fully saturated rings. The number of rotatable bonds is 3. The van der Waals surface area contributed by atoms with Crippen LogP contribution in [-0.2, 0) is 0 Å². The fraction of sp³-hybridized carbons (Fsp3) is 0.250. The van der Waals surface area contributed by atoms with Gasteiger partial charge in [0, 0.05) is 42.6 Å². The van der Waals surface area contributed by atoms with Crippen molar-refractivity contribution in [1.82, 2.24) is 19.8 Å². The van der Waals surface area contributed by atoms with E-state index in [0.717, 1.165) is 54.2 Å². The maximum atomic E-state index is 5.25. The SMILES string of the molecule is COc1ccc(N2CCN(c3nn4cnnc4c4ccccc34)CC2)cc1. The molecule has 0 unspecified atom stereocenters. The van der Waals surface area contributed by atoms with Crippen LogP contribution in [0.1, 0.15) is 0 Å². The van der Waals surface area contributed by atoms with E-state index in [1.54, 1.807) is 18.0 Å². The predicted molar refractivity (Wildman–Crippen MR) is 106 cm³/mol. The molecule has 1 aliphatic heterocycles. The van der Waals surface area contributed by atoms with E-state index in [9.17, 15) is 0 Å². The molecule has 1 aliphatic rings. The molecule has 0 aliphatic carbocycles. The lowest BCUT2D eigenvalue weighted by atomic mass is 10.1. The van der Waals surface area contributed by atoms with Crippen LogP contribution < -0.4 is 14.5 Å². The first-order valence-corrected chi connectivity index (χ1v) is 9.06. The molecule has 2 aromatic carbocycles. The number of ether oxygens (including phenoxy) is 1. The van der Waals surface area contributed by atoms with Crippen LogP contribution in [-0.4, -0.2) is 53.1 Å². The summed E-state index contributed by atoms with van der Waals surface area (Å²) in [5.41, 5.74) is 2.02. The van der Waals surface area contributed by atoms with Gasteiger partial charge in [0.25, 0.3) is 0 Å². The molecule has 4 aromatic rings. The van der Waals surface area contributed by atoms with Gasteiger partial charge in [-0.05, 0) is 24.3 Å². The van der Waals surface area contributed by atoms with Crippen molar-refractivity contribution in [3.05, 3.63) is 54.9 Å². The zero-order valence-corrected chi connectivity index (χ0v) is 15.1. The van der Waals surface area contributed by atoms with Gasteiger partial charge in [-0.3, -0.25) is 0 Å². The highest BCUT2D eigenvalue weighted by molar-refractivity contribution is 6.00. The van der Waals surface area contributed by atoms with E-state index in [4.69, 9.17) is 9.84 Å². The summed E-state index contributed by atoms with van der Waals surface area (Å²) in [4.78, 5) is 4.75. The molecule has 7 nitrogen and oxygen atoms in total. The molecule has 0 atom stereocenters. The summed E-state index contributed by atoms with van der Waals surface area (Å²) in [6.45, 7) is 3.72. The Hall–Kier alpha value is -3.35. The molecule has 0 N–H and O–H groups in total. The first-order valence-electron chi connectivity index (χ1n) is 9.06. The second kappa shape index (κ2) is 6.42. The fourth-order valence-corrected chi connectivity index (χ4v) is 3.71. The quantitative estimate of drug-likeness (QED) is 0.560. The molecule has 0 radical (unpaired) electrons. The van der Waals surface area contributed by atoms with E-state index in [1.807, 2.05) is 24.3 Å². The van der Waals surface area contributed by atoms with E-state index in [1.165, 1.54) is 5.69 Å². The lowest BCUT2D eigenvalue weighted by Crippen LogP contribution is -2.47. The summed E-state index contributed by atoms with van der Waals surface area (Å²) in [5.74, 6) is 1.88. The molecule has 3 heterocycles. The summed E-state index contributed by atoms with van der Waals surface area (Å²) in [7, 11) is 1.69. The smallest absolute Gasteiger partial charge is 0.185 e. The Kier molecular flexibility index (Phi) is 3.78. The van der Waals surface area contributed by atoms with E-state index in [-0.39, 0.29) is 0 Å². The van der Waals surface area contributed by atoms with Crippen LogP contribution in [0.25, 0.3) is 16.4 Å². The van der Waals surface area contributed by atoms with E-state index < -0.39 is 0 Å². The highest BCUT2D eigenvalue weighted by Crippen LogP contribution is 2.28. The molecule has 2 aromatic heterocycles. The number of aromatic nitrogens is 4. The van der Waals surface area contributed by atoms with Gasteiger partial charge in [-0.1, -0.05) is 24.3 Å². The molecule has 5 rings (SSSR count). The van der Waals surface area contributed by atoms with Gasteiger partial charge in [0.2, 0.25) is 0 Å². The Bertz CT molecular complexity index is 1080.